The van der Waals surface area contributed by atoms with E-state index in [2.05, 4.69) is 0 Å². The van der Waals surface area contributed by atoms with Crippen LogP contribution in [-0.4, -0.2) is 63.7 Å². The molecule has 1 saturated heterocycles. The summed E-state index contributed by atoms with van der Waals surface area (Å²) in [5.41, 5.74) is 0. The normalized spacial score (nSPS) is 35.5. The zero-order valence-corrected chi connectivity index (χ0v) is 10.7. The minimum Gasteiger partial charge on any atom is -0.430 e. The van der Waals surface area contributed by atoms with E-state index >= 15 is 0 Å². The molecule has 1 aliphatic heterocycles. The molecule has 0 radical (unpaired) electrons. The van der Waals surface area contributed by atoms with Crippen LogP contribution in [-0.2, 0) is 14.3 Å². The number of rotatable bonds is 5. The fourth-order valence-electron chi connectivity index (χ4n) is 1.66. The van der Waals surface area contributed by atoms with Crippen molar-refractivity contribution >= 4 is 5.97 Å². The van der Waals surface area contributed by atoms with Gasteiger partial charge in [-0.05, 0) is 6.42 Å². The largest absolute Gasteiger partial charge is 0.430 e. The molecule has 0 spiro atoms. The number of carbonyl (C=O) groups excluding carboxylic acids is 1. The number of aliphatic hydroxyl groups excluding tert-OH is 4. The Morgan fingerprint density at radius 2 is 1.95 bits per heavy atom. The molecule has 1 aliphatic rings. The second kappa shape index (κ2) is 7.56. The van der Waals surface area contributed by atoms with Gasteiger partial charge in [-0.25, -0.2) is 4.79 Å². The molecular weight excluding hydrogens is 256 g/mol. The number of hydrogen-bond acceptors (Lipinski definition) is 7. The van der Waals surface area contributed by atoms with Gasteiger partial charge in [-0.1, -0.05) is 19.4 Å². The molecule has 0 aromatic rings. The Morgan fingerprint density at radius 1 is 1.26 bits per heavy atom. The number of carbonyl (C=O) groups is 1. The smallest absolute Gasteiger partial charge is 0.332 e. The van der Waals surface area contributed by atoms with Crippen molar-refractivity contribution < 1.29 is 34.7 Å². The second-order valence-electron chi connectivity index (χ2n) is 4.33. The fourth-order valence-corrected chi connectivity index (χ4v) is 1.66. The Kier molecular flexibility index (Phi) is 6.40. The molecule has 1 heterocycles. The summed E-state index contributed by atoms with van der Waals surface area (Å²) in [6, 6.07) is 0. The first-order valence-electron chi connectivity index (χ1n) is 6.19. The van der Waals surface area contributed by atoms with Gasteiger partial charge < -0.3 is 29.9 Å². The van der Waals surface area contributed by atoms with Crippen LogP contribution in [0.2, 0.25) is 0 Å². The van der Waals surface area contributed by atoms with Gasteiger partial charge in [0.05, 0.1) is 6.61 Å². The number of unbranched alkanes of at least 4 members (excludes halogenated alkanes) is 1. The molecule has 7 heteroatoms. The lowest BCUT2D eigenvalue weighted by Crippen LogP contribution is -2.59. The molecule has 1 rings (SSSR count). The van der Waals surface area contributed by atoms with Gasteiger partial charge >= 0.3 is 5.97 Å². The summed E-state index contributed by atoms with van der Waals surface area (Å²) in [6.07, 6.45) is -2.69. The first-order valence-corrected chi connectivity index (χ1v) is 6.19. The molecule has 7 nitrogen and oxygen atoms in total. The average molecular weight is 276 g/mol. The molecule has 5 unspecified atom stereocenters. The van der Waals surface area contributed by atoms with Gasteiger partial charge in [0.25, 0.3) is 0 Å². The summed E-state index contributed by atoms with van der Waals surface area (Å²) in [7, 11) is 0. The standard InChI is InChI=1S/C12H20O7/c1-2-3-4-5-8(14)19-12-11(17)10(16)9(15)7(6-13)18-12/h4-5,7,9-13,15-17H,2-3,6H2,1H3. The molecule has 1 fully saturated rings. The summed E-state index contributed by atoms with van der Waals surface area (Å²) in [5.74, 6) is -0.724. The number of ether oxygens (including phenoxy) is 2. The van der Waals surface area contributed by atoms with Crippen LogP contribution in [0.4, 0.5) is 0 Å². The highest BCUT2D eigenvalue weighted by Gasteiger charge is 2.45. The van der Waals surface area contributed by atoms with Crippen LogP contribution < -0.4 is 0 Å². The fraction of sp³-hybridized carbons (Fsp3) is 0.750. The van der Waals surface area contributed by atoms with E-state index in [4.69, 9.17) is 14.6 Å². The summed E-state index contributed by atoms with van der Waals surface area (Å²) < 4.78 is 9.84. The van der Waals surface area contributed by atoms with Crippen LogP contribution in [0.5, 0.6) is 0 Å². The van der Waals surface area contributed by atoms with Crippen molar-refractivity contribution in [2.75, 3.05) is 6.61 Å². The van der Waals surface area contributed by atoms with Crippen molar-refractivity contribution in [1.82, 2.24) is 0 Å². The van der Waals surface area contributed by atoms with Crippen LogP contribution >= 0.6 is 0 Å². The average Bonchev–Trinajstić information content (AvgIpc) is 2.39. The summed E-state index contributed by atoms with van der Waals surface area (Å²) in [6.45, 7) is 1.39. The molecule has 4 N–H and O–H groups in total. The first kappa shape index (κ1) is 16.1. The van der Waals surface area contributed by atoms with Gasteiger partial charge in [0.15, 0.2) is 0 Å². The Labute approximate surface area is 111 Å². The van der Waals surface area contributed by atoms with Gasteiger partial charge in [-0.15, -0.1) is 0 Å². The third-order valence-corrected chi connectivity index (χ3v) is 2.79. The Hall–Kier alpha value is -0.990. The molecule has 0 saturated carbocycles. The van der Waals surface area contributed by atoms with Crippen molar-refractivity contribution in [2.45, 2.75) is 50.5 Å². The monoisotopic (exact) mass is 276 g/mol. The molecule has 110 valence electrons. The van der Waals surface area contributed by atoms with E-state index in [1.54, 1.807) is 6.08 Å². The van der Waals surface area contributed by atoms with E-state index in [0.717, 1.165) is 6.42 Å². The van der Waals surface area contributed by atoms with Crippen molar-refractivity contribution in [1.29, 1.82) is 0 Å². The minimum absolute atomic E-state index is 0.565. The maximum atomic E-state index is 11.4. The zero-order valence-electron chi connectivity index (χ0n) is 10.7. The maximum Gasteiger partial charge on any atom is 0.332 e. The van der Waals surface area contributed by atoms with Crippen molar-refractivity contribution in [3.63, 3.8) is 0 Å². The first-order chi connectivity index (χ1) is 9.01. The molecule has 19 heavy (non-hydrogen) atoms. The van der Waals surface area contributed by atoms with Crippen LogP contribution in [0.25, 0.3) is 0 Å². The second-order valence-corrected chi connectivity index (χ2v) is 4.33. The van der Waals surface area contributed by atoms with Crippen molar-refractivity contribution in [2.24, 2.45) is 0 Å². The minimum atomic E-state index is -1.57. The SMILES string of the molecule is CCCC=CC(=O)OC1OC(CO)C(O)C(O)C1O. The Morgan fingerprint density at radius 3 is 2.53 bits per heavy atom. The number of allylic oxidation sites excluding steroid dienone is 1. The van der Waals surface area contributed by atoms with Gasteiger partial charge in [-0.3, -0.25) is 0 Å². The van der Waals surface area contributed by atoms with E-state index in [-0.39, 0.29) is 0 Å². The van der Waals surface area contributed by atoms with Crippen molar-refractivity contribution in [3.8, 4) is 0 Å². The third kappa shape index (κ3) is 4.26. The van der Waals surface area contributed by atoms with Gasteiger partial charge in [-0.2, -0.15) is 0 Å². The van der Waals surface area contributed by atoms with Crippen LogP contribution in [0.1, 0.15) is 19.8 Å². The topological polar surface area (TPSA) is 116 Å². The molecule has 0 amide bonds. The Bertz CT molecular complexity index is 315. The summed E-state index contributed by atoms with van der Waals surface area (Å²) >= 11 is 0. The highest BCUT2D eigenvalue weighted by Crippen LogP contribution is 2.22. The van der Waals surface area contributed by atoms with E-state index < -0.39 is 43.3 Å². The lowest BCUT2D eigenvalue weighted by Gasteiger charge is -2.38. The lowest BCUT2D eigenvalue weighted by molar-refractivity contribution is -0.291. The number of hydrogen-bond donors (Lipinski definition) is 4. The Balaban J connectivity index is 2.59. The summed E-state index contributed by atoms with van der Waals surface area (Å²) in [5, 5.41) is 37.6. The lowest BCUT2D eigenvalue weighted by atomic mass is 9.99. The quantitative estimate of drug-likeness (QED) is 0.364. The van der Waals surface area contributed by atoms with Crippen LogP contribution in [0.3, 0.4) is 0 Å². The van der Waals surface area contributed by atoms with Crippen LogP contribution in [0, 0.1) is 0 Å². The van der Waals surface area contributed by atoms with Crippen LogP contribution in [0.15, 0.2) is 12.2 Å². The molecule has 0 bridgehead atoms. The third-order valence-electron chi connectivity index (χ3n) is 2.79. The molecular formula is C12H20O7. The molecule has 0 aromatic carbocycles. The molecule has 0 aliphatic carbocycles. The van der Waals surface area contributed by atoms with Gasteiger partial charge in [0.1, 0.15) is 24.4 Å². The predicted molar refractivity (Wildman–Crippen MR) is 63.9 cm³/mol. The van der Waals surface area contributed by atoms with Gasteiger partial charge in [0.2, 0.25) is 6.29 Å². The van der Waals surface area contributed by atoms with Gasteiger partial charge in [0, 0.05) is 6.08 Å². The molecule has 5 atom stereocenters. The number of esters is 1. The van der Waals surface area contributed by atoms with Crippen molar-refractivity contribution in [3.05, 3.63) is 12.2 Å². The summed E-state index contributed by atoms with van der Waals surface area (Å²) in [4.78, 5) is 11.4. The van der Waals surface area contributed by atoms with E-state index in [1.807, 2.05) is 6.92 Å². The predicted octanol–water partition coefficient (Wildman–Crippen LogP) is -1.31. The maximum absolute atomic E-state index is 11.4. The van der Waals surface area contributed by atoms with E-state index in [0.29, 0.717) is 6.42 Å². The zero-order chi connectivity index (χ0) is 14.4. The number of aliphatic hydroxyl groups is 4. The highest BCUT2D eigenvalue weighted by atomic mass is 16.7. The highest BCUT2D eigenvalue weighted by molar-refractivity contribution is 5.81. The van der Waals surface area contributed by atoms with E-state index in [9.17, 15) is 20.1 Å². The van der Waals surface area contributed by atoms with E-state index in [1.165, 1.54) is 6.08 Å². The molecule has 0 aromatic heterocycles.